The SMILES string of the molecule is COCCN(C(C)=O)C(C(=O)O)c1ccccc1Br. The van der Waals surface area contributed by atoms with Crippen molar-refractivity contribution in [1.29, 1.82) is 0 Å². The molecule has 0 aliphatic carbocycles. The minimum absolute atomic E-state index is 0.226. The first-order chi connectivity index (χ1) is 8.99. The molecule has 0 heterocycles. The molecule has 1 N–H and O–H groups in total. The molecule has 0 saturated heterocycles. The van der Waals surface area contributed by atoms with E-state index >= 15 is 0 Å². The summed E-state index contributed by atoms with van der Waals surface area (Å²) in [5.41, 5.74) is 0.543. The number of benzene rings is 1. The van der Waals surface area contributed by atoms with Crippen molar-refractivity contribution in [3.8, 4) is 0 Å². The van der Waals surface area contributed by atoms with Crippen molar-refractivity contribution in [3.63, 3.8) is 0 Å². The van der Waals surface area contributed by atoms with Gasteiger partial charge in [0.1, 0.15) is 0 Å². The molecule has 5 nitrogen and oxygen atoms in total. The van der Waals surface area contributed by atoms with E-state index in [0.717, 1.165) is 0 Å². The summed E-state index contributed by atoms with van der Waals surface area (Å²) in [5.74, 6) is -1.38. The molecule has 1 aromatic rings. The normalized spacial score (nSPS) is 11.9. The van der Waals surface area contributed by atoms with Crippen molar-refractivity contribution in [1.82, 2.24) is 4.90 Å². The van der Waals surface area contributed by atoms with Gasteiger partial charge in [-0.05, 0) is 6.07 Å². The lowest BCUT2D eigenvalue weighted by Crippen LogP contribution is -2.39. The van der Waals surface area contributed by atoms with Gasteiger partial charge in [-0.2, -0.15) is 0 Å². The van der Waals surface area contributed by atoms with Crippen LogP contribution >= 0.6 is 15.9 Å². The number of aliphatic carboxylic acids is 1. The molecule has 6 heteroatoms. The van der Waals surface area contributed by atoms with Crippen LogP contribution in [0.25, 0.3) is 0 Å². The molecule has 0 saturated carbocycles. The highest BCUT2D eigenvalue weighted by Gasteiger charge is 2.30. The van der Waals surface area contributed by atoms with Crippen LogP contribution in [-0.4, -0.2) is 42.1 Å². The molecule has 0 aliphatic heterocycles. The Bertz CT molecular complexity index is 464. The monoisotopic (exact) mass is 329 g/mol. The maximum Gasteiger partial charge on any atom is 0.331 e. The molecule has 0 bridgehead atoms. The number of rotatable bonds is 6. The second-order valence-corrected chi connectivity index (χ2v) is 4.82. The Morgan fingerprint density at radius 3 is 2.53 bits per heavy atom. The van der Waals surface area contributed by atoms with Crippen molar-refractivity contribution in [2.24, 2.45) is 0 Å². The zero-order chi connectivity index (χ0) is 14.4. The number of hydrogen-bond donors (Lipinski definition) is 1. The van der Waals surface area contributed by atoms with Crippen LogP contribution in [0.3, 0.4) is 0 Å². The lowest BCUT2D eigenvalue weighted by Gasteiger charge is -2.28. The lowest BCUT2D eigenvalue weighted by molar-refractivity contribution is -0.150. The molecule has 0 aromatic heterocycles. The Kier molecular flexibility index (Phi) is 5.98. The van der Waals surface area contributed by atoms with E-state index in [0.29, 0.717) is 10.0 Å². The highest BCUT2D eigenvalue weighted by molar-refractivity contribution is 9.10. The summed E-state index contributed by atoms with van der Waals surface area (Å²) < 4.78 is 5.58. The van der Waals surface area contributed by atoms with Gasteiger partial charge in [0, 0.05) is 30.6 Å². The Labute approximate surface area is 120 Å². The Balaban J connectivity index is 3.14. The van der Waals surface area contributed by atoms with Gasteiger partial charge in [-0.15, -0.1) is 0 Å². The molecule has 1 aromatic carbocycles. The highest BCUT2D eigenvalue weighted by atomic mass is 79.9. The summed E-state index contributed by atoms with van der Waals surface area (Å²) in [5, 5.41) is 9.41. The molecule has 0 radical (unpaired) electrons. The Morgan fingerprint density at radius 1 is 1.42 bits per heavy atom. The number of halogens is 1. The van der Waals surface area contributed by atoms with Gasteiger partial charge in [0.2, 0.25) is 5.91 Å². The van der Waals surface area contributed by atoms with Crippen LogP contribution in [0.5, 0.6) is 0 Å². The molecule has 1 atom stereocenters. The first kappa shape index (κ1) is 15.7. The number of carboxylic acids is 1. The number of methoxy groups -OCH3 is 1. The molecule has 1 rings (SSSR count). The fourth-order valence-electron chi connectivity index (χ4n) is 1.79. The number of amides is 1. The summed E-state index contributed by atoms with van der Waals surface area (Å²) in [6.07, 6.45) is 0. The summed E-state index contributed by atoms with van der Waals surface area (Å²) in [6.45, 7) is 1.86. The zero-order valence-electron chi connectivity index (χ0n) is 10.8. The van der Waals surface area contributed by atoms with Gasteiger partial charge >= 0.3 is 5.97 Å². The second-order valence-electron chi connectivity index (χ2n) is 3.97. The highest BCUT2D eigenvalue weighted by Crippen LogP contribution is 2.28. The average Bonchev–Trinajstić information content (AvgIpc) is 2.35. The number of carboxylic acid groups (broad SMARTS) is 1. The molecule has 1 amide bonds. The number of nitrogens with zero attached hydrogens (tertiary/aromatic N) is 1. The Morgan fingerprint density at radius 2 is 2.05 bits per heavy atom. The van der Waals surface area contributed by atoms with E-state index < -0.39 is 12.0 Å². The largest absolute Gasteiger partial charge is 0.479 e. The van der Waals surface area contributed by atoms with E-state index in [4.69, 9.17) is 4.74 Å². The molecule has 1 unspecified atom stereocenters. The summed E-state index contributed by atoms with van der Waals surface area (Å²) >= 11 is 3.32. The van der Waals surface area contributed by atoms with Crippen molar-refractivity contribution < 1.29 is 19.4 Å². The smallest absolute Gasteiger partial charge is 0.331 e. The predicted molar refractivity (Wildman–Crippen MR) is 73.8 cm³/mol. The maximum absolute atomic E-state index is 11.7. The first-order valence-electron chi connectivity index (χ1n) is 5.72. The molecule has 0 fully saturated rings. The Hall–Kier alpha value is -1.40. The quantitative estimate of drug-likeness (QED) is 0.867. The average molecular weight is 330 g/mol. The predicted octanol–water partition coefficient (Wildman–Crippen LogP) is 2.07. The lowest BCUT2D eigenvalue weighted by atomic mass is 10.1. The van der Waals surface area contributed by atoms with Crippen molar-refractivity contribution in [2.75, 3.05) is 20.3 Å². The van der Waals surface area contributed by atoms with Gasteiger partial charge in [0.15, 0.2) is 6.04 Å². The fourth-order valence-corrected chi connectivity index (χ4v) is 2.29. The van der Waals surface area contributed by atoms with Crippen LogP contribution in [0.2, 0.25) is 0 Å². The van der Waals surface area contributed by atoms with Crippen LogP contribution in [0.1, 0.15) is 18.5 Å². The summed E-state index contributed by atoms with van der Waals surface area (Å²) in [7, 11) is 1.51. The molecule has 19 heavy (non-hydrogen) atoms. The number of hydrogen-bond acceptors (Lipinski definition) is 3. The summed E-state index contributed by atoms with van der Waals surface area (Å²) in [4.78, 5) is 24.5. The van der Waals surface area contributed by atoms with Crippen LogP contribution in [0.15, 0.2) is 28.7 Å². The van der Waals surface area contributed by atoms with Crippen LogP contribution in [0.4, 0.5) is 0 Å². The maximum atomic E-state index is 11.7. The molecule has 0 aliphatic rings. The van der Waals surface area contributed by atoms with Crippen LogP contribution in [0, 0.1) is 0 Å². The van der Waals surface area contributed by atoms with Crippen molar-refractivity contribution in [3.05, 3.63) is 34.3 Å². The van der Waals surface area contributed by atoms with Gasteiger partial charge in [-0.3, -0.25) is 4.79 Å². The fraction of sp³-hybridized carbons (Fsp3) is 0.385. The van der Waals surface area contributed by atoms with Gasteiger partial charge in [0.05, 0.1) is 6.61 Å². The van der Waals surface area contributed by atoms with Gasteiger partial charge in [0.25, 0.3) is 0 Å². The van der Waals surface area contributed by atoms with Gasteiger partial charge in [-0.1, -0.05) is 34.1 Å². The minimum atomic E-state index is -1.07. The minimum Gasteiger partial charge on any atom is -0.479 e. The third-order valence-electron chi connectivity index (χ3n) is 2.69. The third kappa shape index (κ3) is 4.04. The van der Waals surface area contributed by atoms with E-state index in [1.165, 1.54) is 18.9 Å². The molecular formula is C13H16BrNO4. The second kappa shape index (κ2) is 7.25. The number of carbonyl (C=O) groups is 2. The topological polar surface area (TPSA) is 66.8 Å². The molecule has 0 spiro atoms. The van der Waals surface area contributed by atoms with E-state index in [1.807, 2.05) is 0 Å². The van der Waals surface area contributed by atoms with Gasteiger partial charge in [-0.25, -0.2) is 4.79 Å². The number of carbonyl (C=O) groups excluding carboxylic acids is 1. The van der Waals surface area contributed by atoms with Crippen LogP contribution < -0.4 is 0 Å². The van der Waals surface area contributed by atoms with Crippen molar-refractivity contribution in [2.45, 2.75) is 13.0 Å². The van der Waals surface area contributed by atoms with E-state index in [9.17, 15) is 14.7 Å². The molecule has 104 valence electrons. The van der Waals surface area contributed by atoms with Crippen molar-refractivity contribution >= 4 is 27.8 Å². The summed E-state index contributed by atoms with van der Waals surface area (Å²) in [6, 6.07) is 5.94. The van der Waals surface area contributed by atoms with Gasteiger partial charge < -0.3 is 14.7 Å². The van der Waals surface area contributed by atoms with Crippen LogP contribution in [-0.2, 0) is 14.3 Å². The zero-order valence-corrected chi connectivity index (χ0v) is 12.4. The van der Waals surface area contributed by atoms with E-state index in [2.05, 4.69) is 15.9 Å². The third-order valence-corrected chi connectivity index (χ3v) is 3.41. The van der Waals surface area contributed by atoms with E-state index in [-0.39, 0.29) is 19.1 Å². The first-order valence-corrected chi connectivity index (χ1v) is 6.51. The number of ether oxygens (including phenoxy) is 1. The van der Waals surface area contributed by atoms with E-state index in [1.54, 1.807) is 24.3 Å². The molecular weight excluding hydrogens is 314 g/mol. The standard InChI is InChI=1S/C13H16BrNO4/c1-9(16)15(7-8-19-2)12(13(17)18)10-5-3-4-6-11(10)14/h3-6,12H,7-8H2,1-2H3,(H,17,18).